The Morgan fingerprint density at radius 3 is 1.44 bits per heavy atom. The first-order valence-electron chi connectivity index (χ1n) is 6.84. The molecule has 0 bridgehead atoms. The third kappa shape index (κ3) is 4.05. The summed E-state index contributed by atoms with van der Waals surface area (Å²) in [6.07, 6.45) is -16.9. The maximum absolute atomic E-state index is 12.8. The van der Waals surface area contributed by atoms with Crippen LogP contribution in [0.1, 0.15) is 23.3 Å². The van der Waals surface area contributed by atoms with Crippen LogP contribution < -0.4 is 0 Å². The van der Waals surface area contributed by atoms with E-state index in [1.165, 1.54) is 24.3 Å². The van der Waals surface area contributed by atoms with Crippen LogP contribution >= 0.6 is 0 Å². The highest BCUT2D eigenvalue weighted by Gasteiger charge is 2.45. The summed E-state index contributed by atoms with van der Waals surface area (Å²) in [4.78, 5) is 0. The predicted molar refractivity (Wildman–Crippen MR) is 75.6 cm³/mol. The monoisotopic (exact) mass is 366 g/mol. The summed E-state index contributed by atoms with van der Waals surface area (Å²) in [6.45, 7) is 0. The molecule has 2 rings (SSSR count). The normalized spacial score (nSPS) is 15.0. The summed E-state index contributed by atoms with van der Waals surface area (Å²) < 4.78 is 76.6. The van der Waals surface area contributed by atoms with Crippen LogP contribution in [-0.4, -0.2) is 27.7 Å². The second kappa shape index (κ2) is 6.57. The molecule has 0 spiro atoms. The number of hydrogen-bond acceptors (Lipinski definition) is 3. The van der Waals surface area contributed by atoms with Crippen LogP contribution in [0.2, 0.25) is 0 Å². The van der Waals surface area contributed by atoms with Gasteiger partial charge in [0, 0.05) is 11.1 Å². The van der Waals surface area contributed by atoms with Crippen molar-refractivity contribution in [2.75, 3.05) is 0 Å². The number of alkyl halides is 6. The van der Waals surface area contributed by atoms with Gasteiger partial charge in [-0.2, -0.15) is 26.3 Å². The number of phenolic OH excluding ortho intramolecular Hbond substituents is 1. The van der Waals surface area contributed by atoms with Crippen molar-refractivity contribution in [3.63, 3.8) is 0 Å². The number of phenols is 1. The van der Waals surface area contributed by atoms with Gasteiger partial charge in [-0.15, -0.1) is 0 Å². The highest BCUT2D eigenvalue weighted by Crippen LogP contribution is 2.45. The van der Waals surface area contributed by atoms with Crippen LogP contribution in [0.4, 0.5) is 26.3 Å². The van der Waals surface area contributed by atoms with Gasteiger partial charge in [0.2, 0.25) is 0 Å². The van der Waals surface area contributed by atoms with Crippen molar-refractivity contribution in [3.8, 4) is 16.9 Å². The zero-order chi connectivity index (χ0) is 19.0. The number of aliphatic hydroxyl groups is 2. The van der Waals surface area contributed by atoms with Crippen molar-refractivity contribution in [2.45, 2.75) is 24.6 Å². The zero-order valence-electron chi connectivity index (χ0n) is 12.3. The van der Waals surface area contributed by atoms with Crippen LogP contribution in [-0.2, 0) is 0 Å². The summed E-state index contributed by atoms with van der Waals surface area (Å²) >= 11 is 0. The lowest BCUT2D eigenvalue weighted by Gasteiger charge is -2.22. The molecule has 2 atom stereocenters. The third-order valence-electron chi connectivity index (χ3n) is 3.49. The van der Waals surface area contributed by atoms with Crippen LogP contribution in [0.15, 0.2) is 42.5 Å². The molecule has 0 saturated carbocycles. The van der Waals surface area contributed by atoms with Gasteiger partial charge in [-0.05, 0) is 23.3 Å². The molecule has 0 aliphatic heterocycles. The first kappa shape index (κ1) is 19.1. The van der Waals surface area contributed by atoms with Gasteiger partial charge in [-0.1, -0.05) is 30.3 Å². The molecule has 9 heteroatoms. The van der Waals surface area contributed by atoms with Crippen LogP contribution in [0.3, 0.4) is 0 Å². The third-order valence-corrected chi connectivity index (χ3v) is 3.49. The maximum atomic E-state index is 12.8. The summed E-state index contributed by atoms with van der Waals surface area (Å²) in [5.74, 6) is -1.46. The average molecular weight is 366 g/mol. The predicted octanol–water partition coefficient (Wildman–Crippen LogP) is 4.25. The maximum Gasteiger partial charge on any atom is 0.418 e. The van der Waals surface area contributed by atoms with Gasteiger partial charge in [0.1, 0.15) is 5.75 Å². The van der Waals surface area contributed by atoms with E-state index in [1.807, 2.05) is 0 Å². The number of aliphatic hydroxyl groups excluding tert-OH is 2. The molecule has 0 aromatic heterocycles. The summed E-state index contributed by atoms with van der Waals surface area (Å²) in [5, 5.41) is 28.5. The van der Waals surface area contributed by atoms with E-state index in [-0.39, 0.29) is 11.1 Å². The van der Waals surface area contributed by atoms with E-state index in [0.717, 1.165) is 12.1 Å². The molecule has 0 heterocycles. The lowest BCUT2D eigenvalue weighted by atomic mass is 9.93. The lowest BCUT2D eigenvalue weighted by molar-refractivity contribution is -0.209. The molecule has 0 saturated heterocycles. The van der Waals surface area contributed by atoms with E-state index in [0.29, 0.717) is 0 Å². The molecule has 0 amide bonds. The minimum absolute atomic E-state index is 0.130. The SMILES string of the molecule is Oc1c(C(O)C(F)(F)F)cc(-c2ccccc2)cc1C(O)C(F)(F)F. The number of rotatable bonds is 3. The molecule has 2 aromatic carbocycles. The molecular formula is C16H12F6O3. The quantitative estimate of drug-likeness (QED) is 0.712. The second-order valence-electron chi connectivity index (χ2n) is 5.26. The van der Waals surface area contributed by atoms with E-state index in [4.69, 9.17) is 0 Å². The highest BCUT2D eigenvalue weighted by atomic mass is 19.4. The Balaban J connectivity index is 2.71. The number of aromatic hydroxyl groups is 1. The van der Waals surface area contributed by atoms with Gasteiger partial charge in [0.05, 0.1) is 0 Å². The fourth-order valence-corrected chi connectivity index (χ4v) is 2.25. The zero-order valence-corrected chi connectivity index (χ0v) is 12.3. The topological polar surface area (TPSA) is 60.7 Å². The van der Waals surface area contributed by atoms with Gasteiger partial charge in [0.15, 0.2) is 12.2 Å². The summed E-state index contributed by atoms with van der Waals surface area (Å²) in [6, 6.07) is 8.88. The van der Waals surface area contributed by atoms with E-state index < -0.39 is 41.4 Å². The standard InChI is InChI=1S/C16H12F6O3/c17-15(18,19)13(24)10-6-9(8-4-2-1-3-5-8)7-11(12(10)23)14(25)16(20,21)22/h1-7,13-14,23-25H. The minimum atomic E-state index is -5.22. The fraction of sp³-hybridized carbons (Fsp3) is 0.250. The molecule has 0 aliphatic carbocycles. The first-order chi connectivity index (χ1) is 11.4. The van der Waals surface area contributed by atoms with Crippen molar-refractivity contribution in [1.82, 2.24) is 0 Å². The smallest absolute Gasteiger partial charge is 0.418 e. The summed E-state index contributed by atoms with van der Waals surface area (Å²) in [7, 11) is 0. The van der Waals surface area contributed by atoms with Crippen molar-refractivity contribution in [2.24, 2.45) is 0 Å². The Hall–Kier alpha value is -2.26. The molecule has 0 radical (unpaired) electrons. The van der Waals surface area contributed by atoms with Gasteiger partial charge >= 0.3 is 12.4 Å². The van der Waals surface area contributed by atoms with E-state index >= 15 is 0 Å². The average Bonchev–Trinajstić information content (AvgIpc) is 2.53. The van der Waals surface area contributed by atoms with Gasteiger partial charge < -0.3 is 15.3 Å². The van der Waals surface area contributed by atoms with E-state index in [1.54, 1.807) is 6.07 Å². The molecule has 0 fully saturated rings. The van der Waals surface area contributed by atoms with Crippen LogP contribution in [0.25, 0.3) is 11.1 Å². The van der Waals surface area contributed by atoms with Crippen molar-refractivity contribution < 1.29 is 41.7 Å². The molecule has 25 heavy (non-hydrogen) atoms. The van der Waals surface area contributed by atoms with E-state index in [9.17, 15) is 41.7 Å². The van der Waals surface area contributed by atoms with Crippen molar-refractivity contribution in [1.29, 1.82) is 0 Å². The van der Waals surface area contributed by atoms with Crippen LogP contribution in [0, 0.1) is 0 Å². The highest BCUT2D eigenvalue weighted by molar-refractivity contribution is 5.68. The van der Waals surface area contributed by atoms with Crippen molar-refractivity contribution in [3.05, 3.63) is 53.6 Å². The molecule has 3 N–H and O–H groups in total. The minimum Gasteiger partial charge on any atom is -0.507 e. The lowest BCUT2D eigenvalue weighted by Crippen LogP contribution is -2.23. The summed E-state index contributed by atoms with van der Waals surface area (Å²) in [5.41, 5.74) is -2.23. The molecule has 2 aromatic rings. The Kier molecular flexibility index (Phi) is 5.01. The number of hydrogen-bond donors (Lipinski definition) is 3. The second-order valence-corrected chi connectivity index (χ2v) is 5.26. The Morgan fingerprint density at radius 1 is 0.680 bits per heavy atom. The molecule has 0 aliphatic rings. The Labute approximate surface area is 137 Å². The largest absolute Gasteiger partial charge is 0.507 e. The number of halogens is 6. The fourth-order valence-electron chi connectivity index (χ4n) is 2.25. The van der Waals surface area contributed by atoms with Gasteiger partial charge in [-0.3, -0.25) is 0 Å². The van der Waals surface area contributed by atoms with Crippen LogP contribution in [0.5, 0.6) is 5.75 Å². The first-order valence-corrected chi connectivity index (χ1v) is 6.84. The molecule has 136 valence electrons. The number of benzene rings is 2. The van der Waals surface area contributed by atoms with E-state index in [2.05, 4.69) is 0 Å². The molecular weight excluding hydrogens is 354 g/mol. The Morgan fingerprint density at radius 2 is 1.08 bits per heavy atom. The van der Waals surface area contributed by atoms with Crippen molar-refractivity contribution >= 4 is 0 Å². The Bertz CT molecular complexity index is 699. The van der Waals surface area contributed by atoms with Gasteiger partial charge in [-0.25, -0.2) is 0 Å². The molecule has 2 unspecified atom stereocenters. The molecule has 3 nitrogen and oxygen atoms in total. The van der Waals surface area contributed by atoms with Gasteiger partial charge in [0.25, 0.3) is 0 Å².